The molecule has 166 valence electrons. The average molecular weight is 435 g/mol. The molecular weight excluding hydrogens is 404 g/mol. The van der Waals surface area contributed by atoms with Gasteiger partial charge in [0, 0.05) is 23.4 Å². The predicted octanol–water partition coefficient (Wildman–Crippen LogP) is 8.21. The third-order valence-electron chi connectivity index (χ3n) is 6.14. The van der Waals surface area contributed by atoms with Gasteiger partial charge in [0.2, 0.25) is 0 Å². The maximum atomic E-state index is 5.74. The van der Waals surface area contributed by atoms with Gasteiger partial charge in [0.05, 0.1) is 17.7 Å². The largest absolute Gasteiger partial charge is 0.462 e. The normalized spacial score (nSPS) is 12.2. The summed E-state index contributed by atoms with van der Waals surface area (Å²) in [4.78, 5) is 9.64. The standard InChI is InChI=1S/C30H30N2O/c1-19(2)14-23-18-28(32-26-11-13-33-29(23)26)21-10-12-31-27(17-21)22-15-20-8-6-7-9-24(20)25(16-22)30(3,4)5/h6-13,15-19H,14H2,1-5H3. The molecule has 33 heavy (non-hydrogen) atoms. The van der Waals surface area contributed by atoms with Crippen molar-refractivity contribution in [3.05, 3.63) is 84.3 Å². The Kier molecular flexibility index (Phi) is 5.28. The molecular formula is C30H30N2O. The van der Waals surface area contributed by atoms with E-state index in [0.29, 0.717) is 5.92 Å². The quantitative estimate of drug-likeness (QED) is 0.286. The van der Waals surface area contributed by atoms with E-state index in [4.69, 9.17) is 14.4 Å². The molecule has 0 spiro atoms. The molecule has 0 aliphatic rings. The number of aromatic nitrogens is 2. The average Bonchev–Trinajstić information content (AvgIpc) is 3.26. The van der Waals surface area contributed by atoms with Gasteiger partial charge in [-0.1, -0.05) is 58.9 Å². The number of hydrogen-bond donors (Lipinski definition) is 0. The molecule has 3 aromatic heterocycles. The molecule has 0 unspecified atom stereocenters. The first-order valence-electron chi connectivity index (χ1n) is 11.7. The van der Waals surface area contributed by atoms with Crippen molar-refractivity contribution in [2.24, 2.45) is 5.92 Å². The molecule has 0 saturated heterocycles. The molecule has 0 amide bonds. The minimum absolute atomic E-state index is 0.0346. The number of furan rings is 1. The van der Waals surface area contributed by atoms with Crippen LogP contribution in [-0.4, -0.2) is 9.97 Å². The summed E-state index contributed by atoms with van der Waals surface area (Å²) < 4.78 is 5.74. The third-order valence-corrected chi connectivity index (χ3v) is 6.14. The van der Waals surface area contributed by atoms with Crippen molar-refractivity contribution >= 4 is 21.9 Å². The van der Waals surface area contributed by atoms with Crippen molar-refractivity contribution < 1.29 is 4.42 Å². The molecule has 2 aromatic carbocycles. The fraction of sp³-hybridized carbons (Fsp3) is 0.267. The second-order valence-corrected chi connectivity index (χ2v) is 10.3. The minimum Gasteiger partial charge on any atom is -0.462 e. The molecule has 0 aliphatic heterocycles. The van der Waals surface area contributed by atoms with Crippen molar-refractivity contribution in [2.45, 2.75) is 46.5 Å². The molecule has 0 bridgehead atoms. The van der Waals surface area contributed by atoms with Crippen LogP contribution in [0.15, 0.2) is 77.5 Å². The maximum Gasteiger partial charge on any atom is 0.155 e. The highest BCUT2D eigenvalue weighted by Crippen LogP contribution is 2.35. The molecule has 0 fully saturated rings. The number of hydrogen-bond acceptors (Lipinski definition) is 3. The predicted molar refractivity (Wildman–Crippen MR) is 137 cm³/mol. The zero-order valence-corrected chi connectivity index (χ0v) is 20.0. The van der Waals surface area contributed by atoms with Crippen LogP contribution in [0.1, 0.15) is 45.7 Å². The zero-order valence-electron chi connectivity index (χ0n) is 20.0. The van der Waals surface area contributed by atoms with Gasteiger partial charge in [0.15, 0.2) is 5.58 Å². The van der Waals surface area contributed by atoms with Crippen LogP contribution in [-0.2, 0) is 11.8 Å². The Labute approximate surface area is 195 Å². The Morgan fingerprint density at radius 3 is 2.48 bits per heavy atom. The summed E-state index contributed by atoms with van der Waals surface area (Å²) >= 11 is 0. The fourth-order valence-electron chi connectivity index (χ4n) is 4.59. The highest BCUT2D eigenvalue weighted by molar-refractivity contribution is 5.91. The lowest BCUT2D eigenvalue weighted by Gasteiger charge is -2.22. The monoisotopic (exact) mass is 434 g/mol. The summed E-state index contributed by atoms with van der Waals surface area (Å²) in [6.45, 7) is 11.3. The van der Waals surface area contributed by atoms with Crippen LogP contribution in [0.4, 0.5) is 0 Å². The third kappa shape index (κ3) is 4.16. The number of fused-ring (bicyclic) bond motifs is 2. The Bertz CT molecular complexity index is 1450. The van der Waals surface area contributed by atoms with E-state index in [1.807, 2.05) is 18.3 Å². The summed E-state index contributed by atoms with van der Waals surface area (Å²) in [6, 6.07) is 21.5. The molecule has 3 heteroatoms. The number of rotatable bonds is 4. The van der Waals surface area contributed by atoms with E-state index in [-0.39, 0.29) is 5.41 Å². The van der Waals surface area contributed by atoms with Gasteiger partial charge in [0.1, 0.15) is 5.52 Å². The Morgan fingerprint density at radius 1 is 0.879 bits per heavy atom. The van der Waals surface area contributed by atoms with Gasteiger partial charge in [-0.2, -0.15) is 0 Å². The van der Waals surface area contributed by atoms with E-state index < -0.39 is 0 Å². The summed E-state index contributed by atoms with van der Waals surface area (Å²) in [6.07, 6.45) is 4.57. The molecule has 3 heterocycles. The molecule has 0 N–H and O–H groups in total. The van der Waals surface area contributed by atoms with Crippen molar-refractivity contribution in [3.8, 4) is 22.5 Å². The van der Waals surface area contributed by atoms with E-state index in [9.17, 15) is 0 Å². The van der Waals surface area contributed by atoms with Gasteiger partial charge in [-0.05, 0) is 70.0 Å². The van der Waals surface area contributed by atoms with Crippen molar-refractivity contribution in [2.75, 3.05) is 0 Å². The Balaban J connectivity index is 1.65. The van der Waals surface area contributed by atoms with Crippen LogP contribution in [0.3, 0.4) is 0 Å². The van der Waals surface area contributed by atoms with Gasteiger partial charge in [-0.15, -0.1) is 0 Å². The SMILES string of the molecule is CC(C)Cc1cc(-c2ccnc(-c3cc(C(C)(C)C)c4ccccc4c3)c2)nc2ccoc12. The number of benzene rings is 2. The van der Waals surface area contributed by atoms with Gasteiger partial charge in [0.25, 0.3) is 0 Å². The van der Waals surface area contributed by atoms with E-state index in [0.717, 1.165) is 40.0 Å². The second-order valence-electron chi connectivity index (χ2n) is 10.3. The van der Waals surface area contributed by atoms with E-state index >= 15 is 0 Å². The zero-order chi connectivity index (χ0) is 23.2. The number of nitrogens with zero attached hydrogens (tertiary/aromatic N) is 2. The lowest BCUT2D eigenvalue weighted by molar-refractivity contribution is 0.594. The van der Waals surface area contributed by atoms with Crippen molar-refractivity contribution in [3.63, 3.8) is 0 Å². The van der Waals surface area contributed by atoms with Gasteiger partial charge < -0.3 is 4.42 Å². The van der Waals surface area contributed by atoms with Crippen LogP contribution < -0.4 is 0 Å². The van der Waals surface area contributed by atoms with Crippen LogP contribution in [0, 0.1) is 5.92 Å². The van der Waals surface area contributed by atoms with E-state index in [1.165, 1.54) is 21.9 Å². The first-order chi connectivity index (χ1) is 15.8. The summed E-state index contributed by atoms with van der Waals surface area (Å²) in [7, 11) is 0. The van der Waals surface area contributed by atoms with Crippen LogP contribution in [0.2, 0.25) is 0 Å². The summed E-state index contributed by atoms with van der Waals surface area (Å²) in [5, 5.41) is 2.54. The molecule has 5 aromatic rings. The highest BCUT2D eigenvalue weighted by atomic mass is 16.3. The molecule has 0 saturated carbocycles. The summed E-state index contributed by atoms with van der Waals surface area (Å²) in [5.41, 5.74) is 8.49. The molecule has 5 rings (SSSR count). The number of pyridine rings is 2. The van der Waals surface area contributed by atoms with Crippen LogP contribution >= 0.6 is 0 Å². The van der Waals surface area contributed by atoms with E-state index in [2.05, 4.69) is 83.1 Å². The topological polar surface area (TPSA) is 38.9 Å². The van der Waals surface area contributed by atoms with E-state index in [1.54, 1.807) is 6.26 Å². The van der Waals surface area contributed by atoms with Crippen molar-refractivity contribution in [1.82, 2.24) is 9.97 Å². The summed E-state index contributed by atoms with van der Waals surface area (Å²) in [5.74, 6) is 0.537. The molecule has 3 nitrogen and oxygen atoms in total. The lowest BCUT2D eigenvalue weighted by atomic mass is 9.82. The minimum atomic E-state index is 0.0346. The first kappa shape index (κ1) is 21.4. The molecule has 0 radical (unpaired) electrons. The van der Waals surface area contributed by atoms with Crippen LogP contribution in [0.25, 0.3) is 44.4 Å². The highest BCUT2D eigenvalue weighted by Gasteiger charge is 2.19. The molecule has 0 atom stereocenters. The Morgan fingerprint density at radius 2 is 1.70 bits per heavy atom. The van der Waals surface area contributed by atoms with Gasteiger partial charge in [-0.25, -0.2) is 4.98 Å². The lowest BCUT2D eigenvalue weighted by Crippen LogP contribution is -2.12. The van der Waals surface area contributed by atoms with Gasteiger partial charge >= 0.3 is 0 Å². The Hall–Kier alpha value is -3.46. The smallest absolute Gasteiger partial charge is 0.155 e. The first-order valence-corrected chi connectivity index (χ1v) is 11.7. The molecule has 0 aliphatic carbocycles. The van der Waals surface area contributed by atoms with Crippen LogP contribution in [0.5, 0.6) is 0 Å². The maximum absolute atomic E-state index is 5.74. The van der Waals surface area contributed by atoms with Crippen molar-refractivity contribution in [1.29, 1.82) is 0 Å². The fourth-order valence-corrected chi connectivity index (χ4v) is 4.59. The van der Waals surface area contributed by atoms with Gasteiger partial charge in [-0.3, -0.25) is 4.98 Å². The second kappa shape index (κ2) is 8.15.